The molecule has 0 N–H and O–H groups in total. The van der Waals surface area contributed by atoms with Gasteiger partial charge in [0.2, 0.25) is 0 Å². The van der Waals surface area contributed by atoms with Crippen molar-refractivity contribution in [3.63, 3.8) is 0 Å². The molecule has 3 heteroatoms. The number of hydrogen-bond donors (Lipinski definition) is 0. The Morgan fingerprint density at radius 1 is 0.739 bits per heavy atom. The van der Waals surface area contributed by atoms with Crippen molar-refractivity contribution < 1.29 is 39.5 Å². The Balaban J connectivity index is 0.00000156. The minimum absolute atomic E-state index is 0. The fourth-order valence-electron chi connectivity index (χ4n) is 3.09. The number of rotatable bonds is 2. The van der Waals surface area contributed by atoms with Crippen molar-refractivity contribution in [3.8, 4) is 0 Å². The van der Waals surface area contributed by atoms with Crippen molar-refractivity contribution in [3.05, 3.63) is 72.3 Å². The summed E-state index contributed by atoms with van der Waals surface area (Å²) in [6.45, 7) is 0. The zero-order valence-electron chi connectivity index (χ0n) is 12.9. The predicted molar refractivity (Wildman–Crippen MR) is 87.7 cm³/mol. The standard InChI is InChI=1S/C20H14O2.Na/c21-20(22)12-16-7-3-6-15-10-17-8-13-4-1-2-5-14(13)9-18(17)11-19(15)16;/h1-11H,12H2,(H,21,22);/q;+1/p-1. The van der Waals surface area contributed by atoms with Crippen LogP contribution in [0.25, 0.3) is 32.3 Å². The second-order valence-electron chi connectivity index (χ2n) is 5.59. The molecule has 0 unspecified atom stereocenters. The number of carboxylic acid groups (broad SMARTS) is 1. The smallest absolute Gasteiger partial charge is 0.550 e. The molecule has 0 heterocycles. The monoisotopic (exact) mass is 308 g/mol. The van der Waals surface area contributed by atoms with Crippen LogP contribution in [-0.2, 0) is 11.2 Å². The second kappa shape index (κ2) is 6.32. The first-order valence-corrected chi connectivity index (χ1v) is 7.25. The van der Waals surface area contributed by atoms with Crippen LogP contribution in [0, 0.1) is 0 Å². The summed E-state index contributed by atoms with van der Waals surface area (Å²) >= 11 is 0. The van der Waals surface area contributed by atoms with Crippen LogP contribution >= 0.6 is 0 Å². The van der Waals surface area contributed by atoms with Gasteiger partial charge >= 0.3 is 29.6 Å². The number of carbonyl (C=O) groups is 1. The van der Waals surface area contributed by atoms with Gasteiger partial charge in [-0.3, -0.25) is 0 Å². The van der Waals surface area contributed by atoms with Gasteiger partial charge in [0.25, 0.3) is 0 Å². The van der Waals surface area contributed by atoms with Crippen LogP contribution < -0.4 is 34.7 Å². The zero-order valence-corrected chi connectivity index (χ0v) is 14.9. The Hall–Kier alpha value is -1.87. The van der Waals surface area contributed by atoms with Gasteiger partial charge in [0.1, 0.15) is 0 Å². The Bertz CT molecular complexity index is 1040. The van der Waals surface area contributed by atoms with E-state index in [4.69, 9.17) is 0 Å². The first kappa shape index (κ1) is 16.0. The summed E-state index contributed by atoms with van der Waals surface area (Å²) in [6.07, 6.45) is -0.0591. The number of benzene rings is 4. The van der Waals surface area contributed by atoms with E-state index in [1.807, 2.05) is 30.3 Å². The van der Waals surface area contributed by atoms with Crippen molar-refractivity contribution in [2.75, 3.05) is 0 Å². The van der Waals surface area contributed by atoms with Crippen LogP contribution in [0.3, 0.4) is 0 Å². The maximum atomic E-state index is 10.9. The molecule has 4 aromatic rings. The summed E-state index contributed by atoms with van der Waals surface area (Å²) in [4.78, 5) is 10.9. The molecule has 0 aliphatic heterocycles. The summed E-state index contributed by atoms with van der Waals surface area (Å²) in [6, 6.07) is 22.5. The Morgan fingerprint density at radius 3 is 1.96 bits per heavy atom. The molecule has 4 rings (SSSR count). The van der Waals surface area contributed by atoms with Gasteiger partial charge in [0.15, 0.2) is 0 Å². The van der Waals surface area contributed by atoms with Crippen molar-refractivity contribution in [2.24, 2.45) is 0 Å². The van der Waals surface area contributed by atoms with E-state index in [0.717, 1.165) is 27.1 Å². The van der Waals surface area contributed by atoms with E-state index < -0.39 is 5.97 Å². The number of fused-ring (bicyclic) bond motifs is 3. The minimum Gasteiger partial charge on any atom is -0.550 e. The molecule has 0 amide bonds. The van der Waals surface area contributed by atoms with Gasteiger partial charge in [-0.2, -0.15) is 0 Å². The van der Waals surface area contributed by atoms with Crippen LogP contribution in [0.4, 0.5) is 0 Å². The predicted octanol–water partition coefficient (Wildman–Crippen LogP) is 0.443. The minimum atomic E-state index is -1.05. The molecule has 0 bridgehead atoms. The average Bonchev–Trinajstić information content (AvgIpc) is 2.51. The Morgan fingerprint density at radius 2 is 1.30 bits per heavy atom. The number of carbonyl (C=O) groups excluding carboxylic acids is 1. The molecule has 2 nitrogen and oxygen atoms in total. The molecule has 0 aliphatic rings. The summed E-state index contributed by atoms with van der Waals surface area (Å²) in [5.74, 6) is -1.05. The van der Waals surface area contributed by atoms with Gasteiger partial charge in [-0.05, 0) is 62.1 Å². The molecule has 0 saturated carbocycles. The fourth-order valence-corrected chi connectivity index (χ4v) is 3.09. The zero-order chi connectivity index (χ0) is 15.1. The quantitative estimate of drug-likeness (QED) is 0.398. The molecule has 23 heavy (non-hydrogen) atoms. The third kappa shape index (κ3) is 2.98. The molecule has 4 aromatic carbocycles. The van der Waals surface area contributed by atoms with Crippen LogP contribution in [-0.4, -0.2) is 5.97 Å². The van der Waals surface area contributed by atoms with E-state index in [1.54, 1.807) is 0 Å². The molecule has 0 radical (unpaired) electrons. The average molecular weight is 308 g/mol. The van der Waals surface area contributed by atoms with Gasteiger partial charge in [-0.1, -0.05) is 42.5 Å². The molecule has 106 valence electrons. The number of aliphatic carboxylic acids is 1. The summed E-state index contributed by atoms with van der Waals surface area (Å²) in [5, 5.41) is 17.7. The molecule has 0 fully saturated rings. The van der Waals surface area contributed by atoms with Gasteiger partial charge in [0, 0.05) is 12.4 Å². The van der Waals surface area contributed by atoms with Crippen LogP contribution in [0.15, 0.2) is 66.7 Å². The van der Waals surface area contributed by atoms with E-state index in [2.05, 4.69) is 36.4 Å². The number of hydrogen-bond acceptors (Lipinski definition) is 2. The van der Waals surface area contributed by atoms with E-state index in [0.29, 0.717) is 0 Å². The maximum absolute atomic E-state index is 10.9. The van der Waals surface area contributed by atoms with Crippen molar-refractivity contribution >= 4 is 38.3 Å². The summed E-state index contributed by atoms with van der Waals surface area (Å²) in [7, 11) is 0. The third-order valence-electron chi connectivity index (χ3n) is 4.13. The van der Waals surface area contributed by atoms with Crippen molar-refractivity contribution in [2.45, 2.75) is 6.42 Å². The van der Waals surface area contributed by atoms with Gasteiger partial charge in [-0.15, -0.1) is 0 Å². The molecule has 0 atom stereocenters. The molecular formula is C20H13NaO2. The largest absolute Gasteiger partial charge is 1.00 e. The fraction of sp³-hybridized carbons (Fsp3) is 0.0500. The molecular weight excluding hydrogens is 295 g/mol. The SMILES string of the molecule is O=C([O-])Cc1cccc2cc3cc4ccccc4cc3cc12.[Na+]. The van der Waals surface area contributed by atoms with E-state index in [-0.39, 0.29) is 36.0 Å². The first-order chi connectivity index (χ1) is 10.7. The molecule has 0 aromatic heterocycles. The maximum Gasteiger partial charge on any atom is 1.00 e. The van der Waals surface area contributed by atoms with Crippen molar-refractivity contribution in [1.82, 2.24) is 0 Å². The van der Waals surface area contributed by atoms with E-state index in [9.17, 15) is 9.90 Å². The van der Waals surface area contributed by atoms with Crippen molar-refractivity contribution in [1.29, 1.82) is 0 Å². The first-order valence-electron chi connectivity index (χ1n) is 7.25. The molecule has 0 saturated heterocycles. The second-order valence-corrected chi connectivity index (χ2v) is 5.59. The van der Waals surface area contributed by atoms with Crippen LogP contribution in [0.1, 0.15) is 5.56 Å². The van der Waals surface area contributed by atoms with E-state index in [1.165, 1.54) is 10.8 Å². The van der Waals surface area contributed by atoms with E-state index >= 15 is 0 Å². The topological polar surface area (TPSA) is 40.1 Å². The van der Waals surface area contributed by atoms with Gasteiger partial charge < -0.3 is 9.90 Å². The van der Waals surface area contributed by atoms with Crippen LogP contribution in [0.5, 0.6) is 0 Å². The Kier molecular flexibility index (Phi) is 4.40. The number of carboxylic acids is 1. The van der Waals surface area contributed by atoms with Gasteiger partial charge in [0.05, 0.1) is 0 Å². The molecule has 0 aliphatic carbocycles. The normalized spacial score (nSPS) is 10.8. The summed E-state index contributed by atoms with van der Waals surface area (Å²) in [5.41, 5.74) is 0.799. The third-order valence-corrected chi connectivity index (χ3v) is 4.13. The summed E-state index contributed by atoms with van der Waals surface area (Å²) < 4.78 is 0. The van der Waals surface area contributed by atoms with Crippen LogP contribution in [0.2, 0.25) is 0 Å². The van der Waals surface area contributed by atoms with Gasteiger partial charge in [-0.25, -0.2) is 0 Å². The Labute approximate surface area is 156 Å². The molecule has 0 spiro atoms.